The number of rotatable bonds is 4. The monoisotopic (exact) mass is 213 g/mol. The maximum Gasteiger partial charge on any atom is 0.0593 e. The Morgan fingerprint density at radius 3 is 2.56 bits per heavy atom. The summed E-state index contributed by atoms with van der Waals surface area (Å²) >= 11 is 0. The molecule has 16 heavy (non-hydrogen) atoms. The molecule has 82 valence electrons. The van der Waals surface area contributed by atoms with Crippen molar-refractivity contribution in [2.75, 3.05) is 6.54 Å². The average molecular weight is 213 g/mol. The normalized spacial score (nSPS) is 12.3. The van der Waals surface area contributed by atoms with E-state index in [0.717, 1.165) is 12.1 Å². The van der Waals surface area contributed by atoms with Crippen molar-refractivity contribution in [2.45, 2.75) is 12.3 Å². The van der Waals surface area contributed by atoms with Gasteiger partial charge in [0.2, 0.25) is 0 Å². The Bertz CT molecular complexity index is 414. The number of hydrogen-bond acceptors (Lipinski definition) is 3. The molecular formula is C13H15N3. The molecule has 0 spiro atoms. The van der Waals surface area contributed by atoms with Gasteiger partial charge in [0.25, 0.3) is 0 Å². The maximum atomic E-state index is 5.80. The molecule has 0 amide bonds. The zero-order valence-corrected chi connectivity index (χ0v) is 9.08. The van der Waals surface area contributed by atoms with Crippen LogP contribution in [0.3, 0.4) is 0 Å². The molecule has 1 unspecified atom stereocenters. The molecule has 2 rings (SSSR count). The molecule has 0 aliphatic rings. The molecule has 0 aliphatic carbocycles. The van der Waals surface area contributed by atoms with Gasteiger partial charge >= 0.3 is 0 Å². The van der Waals surface area contributed by atoms with Crippen LogP contribution < -0.4 is 5.73 Å². The summed E-state index contributed by atoms with van der Waals surface area (Å²) in [5.74, 6) is 0.317. The fraction of sp³-hybridized carbons (Fsp3) is 0.231. The SMILES string of the molecule is NCC(Cc1cnccn1)c1ccccc1. The Kier molecular flexibility index (Phi) is 3.62. The van der Waals surface area contributed by atoms with Crippen LogP contribution in [-0.2, 0) is 6.42 Å². The molecule has 1 aromatic carbocycles. The van der Waals surface area contributed by atoms with E-state index in [2.05, 4.69) is 22.1 Å². The van der Waals surface area contributed by atoms with Crippen LogP contribution in [0.4, 0.5) is 0 Å². The quantitative estimate of drug-likeness (QED) is 0.842. The van der Waals surface area contributed by atoms with Crippen molar-refractivity contribution in [1.82, 2.24) is 9.97 Å². The first kappa shape index (κ1) is 10.8. The van der Waals surface area contributed by atoms with Gasteiger partial charge in [0.1, 0.15) is 0 Å². The molecule has 0 fully saturated rings. The van der Waals surface area contributed by atoms with Gasteiger partial charge in [-0.3, -0.25) is 9.97 Å². The van der Waals surface area contributed by atoms with E-state index < -0.39 is 0 Å². The van der Waals surface area contributed by atoms with Crippen molar-refractivity contribution in [3.05, 3.63) is 60.2 Å². The minimum absolute atomic E-state index is 0.317. The highest BCUT2D eigenvalue weighted by molar-refractivity contribution is 5.21. The molecule has 1 heterocycles. The molecule has 1 atom stereocenters. The molecule has 1 aromatic heterocycles. The van der Waals surface area contributed by atoms with E-state index in [-0.39, 0.29) is 0 Å². The summed E-state index contributed by atoms with van der Waals surface area (Å²) in [7, 11) is 0. The second kappa shape index (κ2) is 5.37. The first-order chi connectivity index (χ1) is 7.90. The fourth-order valence-corrected chi connectivity index (χ4v) is 1.75. The second-order valence-electron chi connectivity index (χ2n) is 3.74. The number of aromatic nitrogens is 2. The van der Waals surface area contributed by atoms with Crippen molar-refractivity contribution in [3.63, 3.8) is 0 Å². The summed E-state index contributed by atoms with van der Waals surface area (Å²) < 4.78 is 0. The van der Waals surface area contributed by atoms with Gasteiger partial charge < -0.3 is 5.73 Å². The van der Waals surface area contributed by atoms with Crippen LogP contribution >= 0.6 is 0 Å². The highest BCUT2D eigenvalue weighted by atomic mass is 14.8. The highest BCUT2D eigenvalue weighted by Gasteiger charge is 2.10. The Balaban J connectivity index is 2.13. The van der Waals surface area contributed by atoms with Crippen LogP contribution in [0.15, 0.2) is 48.9 Å². The van der Waals surface area contributed by atoms with E-state index in [0.29, 0.717) is 12.5 Å². The van der Waals surface area contributed by atoms with Crippen LogP contribution in [0, 0.1) is 0 Å². The van der Waals surface area contributed by atoms with Crippen LogP contribution in [0.5, 0.6) is 0 Å². The third-order valence-electron chi connectivity index (χ3n) is 2.63. The zero-order chi connectivity index (χ0) is 11.2. The van der Waals surface area contributed by atoms with Gasteiger partial charge in [-0.1, -0.05) is 30.3 Å². The average Bonchev–Trinajstić information content (AvgIpc) is 2.38. The molecule has 3 heteroatoms. The van der Waals surface area contributed by atoms with Crippen LogP contribution in [0.2, 0.25) is 0 Å². The Hall–Kier alpha value is -1.74. The molecule has 0 radical (unpaired) electrons. The number of benzene rings is 1. The summed E-state index contributed by atoms with van der Waals surface area (Å²) in [6.45, 7) is 0.626. The predicted molar refractivity (Wildman–Crippen MR) is 64.0 cm³/mol. The first-order valence-corrected chi connectivity index (χ1v) is 5.40. The van der Waals surface area contributed by atoms with E-state index >= 15 is 0 Å². The molecule has 2 N–H and O–H groups in total. The Labute approximate surface area is 95.4 Å². The van der Waals surface area contributed by atoms with Crippen LogP contribution in [0.25, 0.3) is 0 Å². The van der Waals surface area contributed by atoms with Gasteiger partial charge in [0.05, 0.1) is 5.69 Å². The van der Waals surface area contributed by atoms with Gasteiger partial charge in [-0.25, -0.2) is 0 Å². The maximum absolute atomic E-state index is 5.80. The Morgan fingerprint density at radius 1 is 1.12 bits per heavy atom. The van der Waals surface area contributed by atoms with E-state index in [1.807, 2.05) is 18.2 Å². The number of nitrogens with zero attached hydrogens (tertiary/aromatic N) is 2. The third-order valence-corrected chi connectivity index (χ3v) is 2.63. The molecule has 0 saturated carbocycles. The van der Waals surface area contributed by atoms with Gasteiger partial charge in [0.15, 0.2) is 0 Å². The lowest BCUT2D eigenvalue weighted by Crippen LogP contribution is -2.15. The fourth-order valence-electron chi connectivity index (χ4n) is 1.75. The summed E-state index contributed by atoms with van der Waals surface area (Å²) in [4.78, 5) is 8.34. The smallest absolute Gasteiger partial charge is 0.0593 e. The van der Waals surface area contributed by atoms with E-state index in [1.165, 1.54) is 5.56 Å². The first-order valence-electron chi connectivity index (χ1n) is 5.40. The lowest BCUT2D eigenvalue weighted by molar-refractivity contribution is 0.679. The second-order valence-corrected chi connectivity index (χ2v) is 3.74. The van der Waals surface area contributed by atoms with Gasteiger partial charge in [-0.2, -0.15) is 0 Å². The standard InChI is InChI=1S/C13H15N3/c14-9-12(11-4-2-1-3-5-11)8-13-10-15-6-7-16-13/h1-7,10,12H,8-9,14H2. The van der Waals surface area contributed by atoms with Gasteiger partial charge in [-0.15, -0.1) is 0 Å². The van der Waals surface area contributed by atoms with Crippen molar-refractivity contribution in [2.24, 2.45) is 5.73 Å². The van der Waals surface area contributed by atoms with E-state index in [1.54, 1.807) is 18.6 Å². The number of nitrogens with two attached hydrogens (primary N) is 1. The van der Waals surface area contributed by atoms with Crippen molar-refractivity contribution in [3.8, 4) is 0 Å². The highest BCUT2D eigenvalue weighted by Crippen LogP contribution is 2.18. The zero-order valence-electron chi connectivity index (χ0n) is 9.08. The molecule has 2 aromatic rings. The molecular weight excluding hydrogens is 198 g/mol. The third kappa shape index (κ3) is 2.64. The lowest BCUT2D eigenvalue weighted by atomic mass is 9.94. The van der Waals surface area contributed by atoms with Crippen LogP contribution in [-0.4, -0.2) is 16.5 Å². The van der Waals surface area contributed by atoms with Crippen molar-refractivity contribution < 1.29 is 0 Å². The van der Waals surface area contributed by atoms with E-state index in [9.17, 15) is 0 Å². The largest absolute Gasteiger partial charge is 0.330 e. The minimum Gasteiger partial charge on any atom is -0.330 e. The summed E-state index contributed by atoms with van der Waals surface area (Å²) in [5, 5.41) is 0. The summed E-state index contributed by atoms with van der Waals surface area (Å²) in [6, 6.07) is 10.3. The van der Waals surface area contributed by atoms with Crippen molar-refractivity contribution in [1.29, 1.82) is 0 Å². The summed E-state index contributed by atoms with van der Waals surface area (Å²) in [5.41, 5.74) is 8.05. The number of hydrogen-bond donors (Lipinski definition) is 1. The topological polar surface area (TPSA) is 51.8 Å². The van der Waals surface area contributed by atoms with Crippen molar-refractivity contribution >= 4 is 0 Å². The molecule has 0 saturated heterocycles. The molecule has 0 aliphatic heterocycles. The van der Waals surface area contributed by atoms with Gasteiger partial charge in [0, 0.05) is 24.5 Å². The minimum atomic E-state index is 0.317. The molecule has 0 bridgehead atoms. The lowest BCUT2D eigenvalue weighted by Gasteiger charge is -2.14. The predicted octanol–water partition coefficient (Wildman–Crippen LogP) is 1.76. The van der Waals surface area contributed by atoms with E-state index in [4.69, 9.17) is 5.73 Å². The van der Waals surface area contributed by atoms with Crippen LogP contribution in [0.1, 0.15) is 17.2 Å². The van der Waals surface area contributed by atoms with Gasteiger partial charge in [-0.05, 0) is 18.5 Å². The molecule has 3 nitrogen and oxygen atoms in total. The Morgan fingerprint density at radius 2 is 1.94 bits per heavy atom. The summed E-state index contributed by atoms with van der Waals surface area (Å²) in [6.07, 6.45) is 6.04.